The third-order valence-electron chi connectivity index (χ3n) is 4.25. The van der Waals surface area contributed by atoms with E-state index in [1.807, 2.05) is 0 Å². The van der Waals surface area contributed by atoms with Crippen molar-refractivity contribution in [2.45, 2.75) is 26.9 Å². The van der Waals surface area contributed by atoms with Gasteiger partial charge in [0.15, 0.2) is 0 Å². The number of nitro groups is 2. The fraction of sp³-hybridized carbons (Fsp3) is 0.294. The highest BCUT2D eigenvalue weighted by Crippen LogP contribution is 2.48. The number of benzene rings is 2. The van der Waals surface area contributed by atoms with Crippen LogP contribution in [0, 0.1) is 34.1 Å². The molecular formula is C17H14BrClF3N3O4. The fourth-order valence-electron chi connectivity index (χ4n) is 2.91. The summed E-state index contributed by atoms with van der Waals surface area (Å²) >= 11 is 9.47. The highest BCUT2D eigenvalue weighted by Gasteiger charge is 2.42. The Labute approximate surface area is 176 Å². The smallest absolute Gasteiger partial charge is 0.335 e. The molecule has 0 unspecified atom stereocenters. The van der Waals surface area contributed by atoms with Gasteiger partial charge < -0.3 is 4.90 Å². The van der Waals surface area contributed by atoms with E-state index in [-0.39, 0.29) is 12.2 Å². The van der Waals surface area contributed by atoms with Gasteiger partial charge in [0.25, 0.3) is 11.4 Å². The lowest BCUT2D eigenvalue weighted by Crippen LogP contribution is -2.23. The molecule has 0 N–H and O–H groups in total. The number of nitro benzene ring substituents is 2. The van der Waals surface area contributed by atoms with Gasteiger partial charge in [0.05, 0.1) is 27.2 Å². The van der Waals surface area contributed by atoms with Gasteiger partial charge in [0.2, 0.25) is 0 Å². The zero-order valence-electron chi connectivity index (χ0n) is 15.3. The van der Waals surface area contributed by atoms with E-state index in [2.05, 4.69) is 15.9 Å². The van der Waals surface area contributed by atoms with Crippen molar-refractivity contribution < 1.29 is 23.0 Å². The number of alkyl halides is 3. The van der Waals surface area contributed by atoms with Crippen LogP contribution in [0.4, 0.5) is 35.9 Å². The summed E-state index contributed by atoms with van der Waals surface area (Å²) in [5.41, 5.74) is -2.99. The van der Waals surface area contributed by atoms with Crippen molar-refractivity contribution in [1.29, 1.82) is 0 Å². The molecule has 0 saturated carbocycles. The van der Waals surface area contributed by atoms with Crippen LogP contribution in [0.5, 0.6) is 0 Å². The van der Waals surface area contributed by atoms with Gasteiger partial charge in [-0.1, -0.05) is 11.6 Å². The van der Waals surface area contributed by atoms with E-state index in [1.54, 1.807) is 13.8 Å². The number of aryl methyl sites for hydroxylation is 1. The molecule has 0 aliphatic carbocycles. The van der Waals surface area contributed by atoms with E-state index in [1.165, 1.54) is 13.0 Å². The summed E-state index contributed by atoms with van der Waals surface area (Å²) in [6.07, 6.45) is -5.07. The van der Waals surface area contributed by atoms with E-state index < -0.39 is 38.6 Å². The van der Waals surface area contributed by atoms with Crippen molar-refractivity contribution >= 4 is 50.3 Å². The van der Waals surface area contributed by atoms with Crippen molar-refractivity contribution in [3.8, 4) is 0 Å². The first-order chi connectivity index (χ1) is 13.3. The fourth-order valence-corrected chi connectivity index (χ4v) is 3.70. The van der Waals surface area contributed by atoms with Gasteiger partial charge in [-0.2, -0.15) is 13.2 Å². The normalized spacial score (nSPS) is 11.4. The van der Waals surface area contributed by atoms with Crippen molar-refractivity contribution in [3.63, 3.8) is 0 Å². The molecule has 0 atom stereocenters. The first-order valence-electron chi connectivity index (χ1n) is 8.08. The quantitative estimate of drug-likeness (QED) is 0.339. The van der Waals surface area contributed by atoms with Gasteiger partial charge in [-0.25, -0.2) is 0 Å². The predicted octanol–water partition coefficient (Wildman–Crippen LogP) is 6.71. The van der Waals surface area contributed by atoms with E-state index in [9.17, 15) is 33.4 Å². The topological polar surface area (TPSA) is 89.5 Å². The zero-order valence-corrected chi connectivity index (χ0v) is 17.6. The second-order valence-corrected chi connectivity index (χ2v) is 7.25. The van der Waals surface area contributed by atoms with Gasteiger partial charge in [-0.15, -0.1) is 0 Å². The molecule has 0 aliphatic heterocycles. The molecular weight excluding hydrogens is 483 g/mol. The van der Waals surface area contributed by atoms with Crippen molar-refractivity contribution in [2.75, 3.05) is 11.4 Å². The van der Waals surface area contributed by atoms with Crippen LogP contribution in [0.15, 0.2) is 22.7 Å². The Kier molecular flexibility index (Phi) is 6.43. The predicted molar refractivity (Wildman–Crippen MR) is 106 cm³/mol. The molecule has 2 aromatic carbocycles. The Hall–Kier alpha value is -2.40. The molecule has 29 heavy (non-hydrogen) atoms. The minimum absolute atomic E-state index is 0.0825. The van der Waals surface area contributed by atoms with Gasteiger partial charge >= 0.3 is 6.18 Å². The lowest BCUT2D eigenvalue weighted by Gasteiger charge is -2.28. The molecule has 0 aromatic heterocycles. The first-order valence-corrected chi connectivity index (χ1v) is 9.25. The van der Waals surface area contributed by atoms with Crippen LogP contribution >= 0.6 is 27.5 Å². The Morgan fingerprint density at radius 1 is 1.14 bits per heavy atom. The summed E-state index contributed by atoms with van der Waals surface area (Å²) < 4.78 is 41.7. The van der Waals surface area contributed by atoms with Crippen molar-refractivity contribution in [1.82, 2.24) is 0 Å². The van der Waals surface area contributed by atoms with E-state index >= 15 is 0 Å². The van der Waals surface area contributed by atoms with Crippen LogP contribution in [0.25, 0.3) is 0 Å². The summed E-state index contributed by atoms with van der Waals surface area (Å²) in [7, 11) is 0. The van der Waals surface area contributed by atoms with Crippen LogP contribution in [0.2, 0.25) is 5.02 Å². The molecule has 156 valence electrons. The number of non-ortho nitro benzene ring substituents is 1. The summed E-state index contributed by atoms with van der Waals surface area (Å²) in [5.74, 6) is 0. The van der Waals surface area contributed by atoms with Gasteiger partial charge in [-0.05, 0) is 53.9 Å². The average molecular weight is 497 g/mol. The third kappa shape index (κ3) is 4.30. The highest BCUT2D eigenvalue weighted by molar-refractivity contribution is 9.10. The van der Waals surface area contributed by atoms with Crippen LogP contribution in [0.1, 0.15) is 23.6 Å². The molecule has 0 bridgehead atoms. The summed E-state index contributed by atoms with van der Waals surface area (Å²) in [6.45, 7) is 4.72. The van der Waals surface area contributed by atoms with Crippen LogP contribution in [0.3, 0.4) is 0 Å². The summed E-state index contributed by atoms with van der Waals surface area (Å²) in [4.78, 5) is 21.5. The van der Waals surface area contributed by atoms with Crippen molar-refractivity contribution in [2.24, 2.45) is 0 Å². The maximum atomic E-state index is 13.8. The monoisotopic (exact) mass is 495 g/mol. The zero-order chi connectivity index (χ0) is 22.3. The van der Waals surface area contributed by atoms with E-state index in [4.69, 9.17) is 11.6 Å². The number of hydrogen-bond donors (Lipinski definition) is 0. The molecule has 2 aromatic rings. The van der Waals surface area contributed by atoms with Crippen molar-refractivity contribution in [3.05, 3.63) is 64.6 Å². The van der Waals surface area contributed by atoms with Gasteiger partial charge in [0.1, 0.15) is 5.69 Å². The minimum Gasteiger partial charge on any atom is -0.335 e. The Balaban J connectivity index is 2.97. The number of nitrogens with zero attached hydrogens (tertiary/aromatic N) is 3. The average Bonchev–Trinajstić information content (AvgIpc) is 2.63. The molecule has 0 radical (unpaired) electrons. The number of rotatable bonds is 5. The Bertz CT molecular complexity index is 1010. The second kappa shape index (κ2) is 8.15. The summed E-state index contributed by atoms with van der Waals surface area (Å²) in [5, 5.41) is 23.0. The van der Waals surface area contributed by atoms with Gasteiger partial charge in [-0.3, -0.25) is 20.2 Å². The highest BCUT2D eigenvalue weighted by atomic mass is 79.9. The Morgan fingerprint density at radius 2 is 1.72 bits per heavy atom. The molecule has 0 fully saturated rings. The second-order valence-electron chi connectivity index (χ2n) is 6.08. The largest absolute Gasteiger partial charge is 0.418 e. The molecule has 0 amide bonds. The van der Waals surface area contributed by atoms with Crippen LogP contribution in [-0.2, 0) is 6.18 Å². The standard InChI is InChI=1S/C17H14BrClF3N3O4/c1-4-23(12-5-8(2)15(19)9(3)14(12)18)16-11(17(20,21)22)6-10(24(26)27)7-13(16)25(28)29/h5-7H,4H2,1-3H3. The van der Waals surface area contributed by atoms with E-state index in [0.29, 0.717) is 32.8 Å². The van der Waals surface area contributed by atoms with Crippen LogP contribution in [-0.4, -0.2) is 16.4 Å². The lowest BCUT2D eigenvalue weighted by atomic mass is 10.0. The minimum atomic E-state index is -5.07. The maximum Gasteiger partial charge on any atom is 0.418 e. The van der Waals surface area contributed by atoms with Crippen LogP contribution < -0.4 is 4.90 Å². The maximum absolute atomic E-state index is 13.8. The number of hydrogen-bond acceptors (Lipinski definition) is 5. The molecule has 0 spiro atoms. The molecule has 12 heteroatoms. The SMILES string of the molecule is CCN(c1cc(C)c(Cl)c(C)c1Br)c1c([N+](=O)[O-])cc([N+](=O)[O-])cc1C(F)(F)F. The Morgan fingerprint density at radius 3 is 2.17 bits per heavy atom. The molecule has 2 rings (SSSR count). The summed E-state index contributed by atoms with van der Waals surface area (Å²) in [6, 6.07) is 2.32. The molecule has 0 aliphatic rings. The van der Waals surface area contributed by atoms with Gasteiger partial charge in [0, 0.05) is 22.1 Å². The first kappa shape index (κ1) is 22.9. The number of halogens is 5. The number of anilines is 2. The molecule has 0 saturated heterocycles. The lowest BCUT2D eigenvalue weighted by molar-refractivity contribution is -0.394. The molecule has 0 heterocycles. The molecule has 7 nitrogen and oxygen atoms in total. The third-order valence-corrected chi connectivity index (χ3v) is 5.83. The van der Waals surface area contributed by atoms with E-state index in [0.717, 1.165) is 4.90 Å².